The minimum absolute atomic E-state index is 0.0521. The molecule has 0 amide bonds. The summed E-state index contributed by atoms with van der Waals surface area (Å²) in [6.07, 6.45) is 3.01. The molecule has 4 atom stereocenters. The highest BCUT2D eigenvalue weighted by Crippen LogP contribution is 2.41. The molecule has 3 aliphatic heterocycles. The molecule has 0 aliphatic carbocycles. The molecule has 3 rings (SSSR count). The van der Waals surface area contributed by atoms with Crippen molar-refractivity contribution in [2.45, 2.75) is 37.3 Å². The molecule has 2 fully saturated rings. The van der Waals surface area contributed by atoms with Gasteiger partial charge in [-0.1, -0.05) is 0 Å². The highest BCUT2D eigenvalue weighted by molar-refractivity contribution is 8.00. The van der Waals surface area contributed by atoms with Gasteiger partial charge in [0.1, 0.15) is 12.0 Å². The molecule has 0 bridgehead atoms. The van der Waals surface area contributed by atoms with Gasteiger partial charge in [-0.15, -0.1) is 11.8 Å². The third-order valence-electron chi connectivity index (χ3n) is 4.16. The molecule has 2 N–H and O–H groups in total. The summed E-state index contributed by atoms with van der Waals surface area (Å²) in [5, 5.41) is 13.3. The second-order valence-corrected chi connectivity index (χ2v) is 6.53. The van der Waals surface area contributed by atoms with Gasteiger partial charge in [-0.3, -0.25) is 15.2 Å². The number of hydrogen-bond donors (Lipinski definition) is 2. The van der Waals surface area contributed by atoms with Crippen molar-refractivity contribution in [3.8, 4) is 0 Å². The molecular formula is C12H20N4OS. The van der Waals surface area contributed by atoms with Crippen LogP contribution in [0.15, 0.2) is 9.98 Å². The standard InChI is InChI=1S/C12H20N4OS/c1-8-13-5-9-6-16-7-18-10(3-4-17)12(16,2)15-11(9)14-8/h5,9-11,15,17H,3-4,6-7H2,1-2H3. The van der Waals surface area contributed by atoms with Gasteiger partial charge in [-0.2, -0.15) is 0 Å². The van der Waals surface area contributed by atoms with E-state index in [1.807, 2.05) is 24.9 Å². The molecule has 0 saturated carbocycles. The van der Waals surface area contributed by atoms with Gasteiger partial charge >= 0.3 is 0 Å². The number of aliphatic imine (C=N–C) groups is 2. The fourth-order valence-corrected chi connectivity index (χ4v) is 4.59. The predicted molar refractivity (Wildman–Crippen MR) is 75.1 cm³/mol. The Kier molecular flexibility index (Phi) is 3.21. The molecular weight excluding hydrogens is 248 g/mol. The molecule has 6 heteroatoms. The van der Waals surface area contributed by atoms with Gasteiger partial charge in [0, 0.05) is 36.4 Å². The summed E-state index contributed by atoms with van der Waals surface area (Å²) in [5.74, 6) is 2.24. The van der Waals surface area contributed by atoms with E-state index in [1.165, 1.54) is 0 Å². The van der Waals surface area contributed by atoms with Gasteiger partial charge in [0.05, 0.1) is 5.66 Å². The molecule has 100 valence electrons. The summed E-state index contributed by atoms with van der Waals surface area (Å²) >= 11 is 1.93. The molecule has 18 heavy (non-hydrogen) atoms. The molecule has 4 unspecified atom stereocenters. The first-order chi connectivity index (χ1) is 8.63. The number of hydrogen-bond acceptors (Lipinski definition) is 6. The van der Waals surface area contributed by atoms with Gasteiger partial charge in [0.2, 0.25) is 0 Å². The molecule has 3 aliphatic rings. The van der Waals surface area contributed by atoms with Crippen LogP contribution in [0.3, 0.4) is 0 Å². The first-order valence-electron chi connectivity index (χ1n) is 6.47. The molecule has 0 aromatic heterocycles. The van der Waals surface area contributed by atoms with E-state index < -0.39 is 0 Å². The van der Waals surface area contributed by atoms with Gasteiger partial charge < -0.3 is 5.11 Å². The molecule has 0 aromatic carbocycles. The number of aliphatic hydroxyl groups excluding tert-OH is 1. The van der Waals surface area contributed by atoms with E-state index in [2.05, 4.69) is 27.1 Å². The third kappa shape index (κ3) is 1.91. The van der Waals surface area contributed by atoms with Crippen LogP contribution in [0.2, 0.25) is 0 Å². The van der Waals surface area contributed by atoms with Crippen molar-refractivity contribution >= 4 is 23.8 Å². The topological polar surface area (TPSA) is 60.2 Å². The zero-order valence-corrected chi connectivity index (χ0v) is 11.7. The number of nitrogens with zero attached hydrogens (tertiary/aromatic N) is 3. The largest absolute Gasteiger partial charge is 0.396 e. The molecule has 0 radical (unpaired) electrons. The Morgan fingerprint density at radius 1 is 1.67 bits per heavy atom. The average molecular weight is 268 g/mol. The first-order valence-corrected chi connectivity index (χ1v) is 7.52. The number of rotatable bonds is 2. The summed E-state index contributed by atoms with van der Waals surface area (Å²) in [5.41, 5.74) is -0.0521. The summed E-state index contributed by atoms with van der Waals surface area (Å²) in [6.45, 7) is 5.43. The molecule has 2 saturated heterocycles. The van der Waals surface area contributed by atoms with Crippen molar-refractivity contribution in [2.75, 3.05) is 19.0 Å². The summed E-state index contributed by atoms with van der Waals surface area (Å²) in [7, 11) is 0. The average Bonchev–Trinajstić information content (AvgIpc) is 2.64. The Hall–Kier alpha value is -0.430. The summed E-state index contributed by atoms with van der Waals surface area (Å²) in [6, 6.07) is 0. The SMILES string of the molecule is CC1=NC2NC3(C)C(CCO)SCN3CC2C=N1. The Labute approximate surface area is 112 Å². The predicted octanol–water partition coefficient (Wildman–Crippen LogP) is 0.508. The number of amidine groups is 1. The fourth-order valence-electron chi connectivity index (χ4n) is 3.04. The van der Waals surface area contributed by atoms with Gasteiger partial charge in [0.25, 0.3) is 0 Å². The van der Waals surface area contributed by atoms with Gasteiger partial charge in [-0.05, 0) is 20.3 Å². The highest BCUT2D eigenvalue weighted by Gasteiger charge is 2.51. The highest BCUT2D eigenvalue weighted by atomic mass is 32.2. The van der Waals surface area contributed by atoms with Crippen LogP contribution in [0.25, 0.3) is 0 Å². The van der Waals surface area contributed by atoms with E-state index in [1.54, 1.807) is 0 Å². The van der Waals surface area contributed by atoms with Crippen molar-refractivity contribution in [1.29, 1.82) is 0 Å². The lowest BCUT2D eigenvalue weighted by Crippen LogP contribution is -2.68. The first kappa shape index (κ1) is 12.6. The van der Waals surface area contributed by atoms with E-state index in [0.29, 0.717) is 11.2 Å². The Morgan fingerprint density at radius 2 is 2.50 bits per heavy atom. The maximum Gasteiger partial charge on any atom is 0.121 e. The minimum Gasteiger partial charge on any atom is -0.396 e. The lowest BCUT2D eigenvalue weighted by Gasteiger charge is -2.48. The smallest absolute Gasteiger partial charge is 0.121 e. The van der Waals surface area contributed by atoms with Gasteiger partial charge in [0.15, 0.2) is 0 Å². The van der Waals surface area contributed by atoms with Crippen molar-refractivity contribution in [3.05, 3.63) is 0 Å². The van der Waals surface area contributed by atoms with Crippen LogP contribution in [0, 0.1) is 5.92 Å². The molecule has 0 aromatic rings. The van der Waals surface area contributed by atoms with Crippen LogP contribution in [0.5, 0.6) is 0 Å². The Bertz CT molecular complexity index is 400. The van der Waals surface area contributed by atoms with E-state index in [4.69, 9.17) is 0 Å². The van der Waals surface area contributed by atoms with Crippen molar-refractivity contribution in [2.24, 2.45) is 15.9 Å². The second-order valence-electron chi connectivity index (χ2n) is 5.37. The van der Waals surface area contributed by atoms with Crippen LogP contribution in [-0.4, -0.2) is 58.2 Å². The monoisotopic (exact) mass is 268 g/mol. The third-order valence-corrected chi connectivity index (χ3v) is 5.72. The van der Waals surface area contributed by atoms with E-state index in [9.17, 15) is 5.11 Å². The van der Waals surface area contributed by atoms with Crippen LogP contribution in [0.1, 0.15) is 20.3 Å². The van der Waals surface area contributed by atoms with Crippen molar-refractivity contribution in [3.63, 3.8) is 0 Å². The van der Waals surface area contributed by atoms with Crippen molar-refractivity contribution in [1.82, 2.24) is 10.2 Å². The van der Waals surface area contributed by atoms with E-state index >= 15 is 0 Å². The molecule has 5 nitrogen and oxygen atoms in total. The Balaban J connectivity index is 1.82. The fraction of sp³-hybridized carbons (Fsp3) is 0.833. The quantitative estimate of drug-likeness (QED) is 0.766. The van der Waals surface area contributed by atoms with Crippen molar-refractivity contribution < 1.29 is 5.11 Å². The number of aliphatic hydroxyl groups is 1. The van der Waals surface area contributed by atoms with E-state index in [-0.39, 0.29) is 18.4 Å². The summed E-state index contributed by atoms with van der Waals surface area (Å²) < 4.78 is 0. The van der Waals surface area contributed by atoms with Crippen LogP contribution < -0.4 is 5.32 Å². The number of nitrogens with one attached hydrogen (secondary N) is 1. The van der Waals surface area contributed by atoms with Crippen LogP contribution in [0.4, 0.5) is 0 Å². The van der Waals surface area contributed by atoms with E-state index in [0.717, 1.165) is 24.7 Å². The number of fused-ring (bicyclic) bond motifs is 2. The zero-order valence-electron chi connectivity index (χ0n) is 10.8. The molecule has 3 heterocycles. The zero-order chi connectivity index (χ0) is 12.8. The number of thioether (sulfide) groups is 1. The lowest BCUT2D eigenvalue weighted by atomic mass is 9.93. The Morgan fingerprint density at radius 3 is 3.28 bits per heavy atom. The lowest BCUT2D eigenvalue weighted by molar-refractivity contribution is 0.0294. The maximum atomic E-state index is 9.20. The van der Waals surface area contributed by atoms with Gasteiger partial charge in [-0.25, -0.2) is 4.99 Å². The molecule has 0 spiro atoms. The normalized spacial score (nSPS) is 43.5. The second kappa shape index (κ2) is 4.59. The maximum absolute atomic E-state index is 9.20. The summed E-state index contributed by atoms with van der Waals surface area (Å²) in [4.78, 5) is 11.4. The minimum atomic E-state index is -0.0521. The van der Waals surface area contributed by atoms with Crippen LogP contribution in [-0.2, 0) is 0 Å². The van der Waals surface area contributed by atoms with Crippen LogP contribution >= 0.6 is 11.8 Å².